The van der Waals surface area contributed by atoms with Crippen LogP contribution in [0.5, 0.6) is 0 Å². The third-order valence-corrected chi connectivity index (χ3v) is 5.07. The first kappa shape index (κ1) is 21.9. The fourth-order valence-electron chi connectivity index (χ4n) is 3.46. The molecule has 0 spiro atoms. The molecule has 4 rings (SSSR count). The number of amides is 2. The van der Waals surface area contributed by atoms with Crippen molar-refractivity contribution in [3.05, 3.63) is 90.0 Å². The van der Waals surface area contributed by atoms with Gasteiger partial charge in [0.05, 0.1) is 0 Å². The first-order valence-electron chi connectivity index (χ1n) is 10.5. The number of nitrogens with zero attached hydrogens (tertiary/aromatic N) is 6. The lowest BCUT2D eigenvalue weighted by molar-refractivity contribution is -0.125. The van der Waals surface area contributed by atoms with Gasteiger partial charge in [0.25, 0.3) is 0 Å². The molecule has 2 aromatic carbocycles. The second-order valence-corrected chi connectivity index (χ2v) is 7.55. The summed E-state index contributed by atoms with van der Waals surface area (Å²) in [5, 5.41) is 21.5. The second-order valence-electron chi connectivity index (χ2n) is 7.55. The first-order valence-corrected chi connectivity index (χ1v) is 10.5. The summed E-state index contributed by atoms with van der Waals surface area (Å²) in [6.07, 6.45) is 3.81. The van der Waals surface area contributed by atoms with Gasteiger partial charge in [0.15, 0.2) is 0 Å². The maximum atomic E-state index is 13.1. The van der Waals surface area contributed by atoms with E-state index < -0.39 is 6.04 Å². The molecule has 2 aromatic heterocycles. The number of hydrogen-bond donors (Lipinski definition) is 2. The van der Waals surface area contributed by atoms with Crippen molar-refractivity contribution in [1.29, 1.82) is 0 Å². The van der Waals surface area contributed by atoms with Gasteiger partial charge in [0, 0.05) is 31.0 Å². The van der Waals surface area contributed by atoms with Crippen LogP contribution in [0, 0.1) is 6.92 Å². The fourth-order valence-corrected chi connectivity index (χ4v) is 3.46. The molecule has 0 saturated heterocycles. The Hall–Kier alpha value is -4.34. The fraction of sp³-hybridized carbons (Fsp3) is 0.217. The van der Waals surface area contributed by atoms with Gasteiger partial charge >= 0.3 is 0 Å². The standard InChI is InChI=1S/C23H24N8O2/c1-17-27-28-29-31(17)21(14-18-7-3-2-4-8-18)23(33)24-15-19-9-5-10-20(13-19)26-22(32)16-30-12-6-11-25-30/h2-13,21H,14-16H2,1H3,(H,24,33)(H,26,32). The Bertz CT molecular complexity index is 1200. The number of anilines is 1. The van der Waals surface area contributed by atoms with Crippen LogP contribution in [-0.4, -0.2) is 41.8 Å². The van der Waals surface area contributed by atoms with E-state index in [1.807, 2.05) is 48.5 Å². The molecule has 10 heteroatoms. The van der Waals surface area contributed by atoms with Gasteiger partial charge in [-0.15, -0.1) is 5.10 Å². The van der Waals surface area contributed by atoms with Crippen molar-refractivity contribution in [2.45, 2.75) is 32.5 Å². The Morgan fingerprint density at radius 2 is 1.85 bits per heavy atom. The van der Waals surface area contributed by atoms with Crippen LogP contribution in [0.25, 0.3) is 0 Å². The normalized spacial score (nSPS) is 11.7. The minimum atomic E-state index is -0.584. The number of hydrogen-bond acceptors (Lipinski definition) is 6. The van der Waals surface area contributed by atoms with Gasteiger partial charge in [-0.1, -0.05) is 42.5 Å². The van der Waals surface area contributed by atoms with Gasteiger partial charge in [-0.3, -0.25) is 14.3 Å². The van der Waals surface area contributed by atoms with Gasteiger partial charge in [-0.05, 0) is 46.7 Å². The number of carbonyl (C=O) groups excluding carboxylic acids is 2. The molecule has 1 atom stereocenters. The Morgan fingerprint density at radius 3 is 2.58 bits per heavy atom. The largest absolute Gasteiger partial charge is 0.350 e. The molecule has 33 heavy (non-hydrogen) atoms. The number of benzene rings is 2. The van der Waals surface area contributed by atoms with E-state index in [-0.39, 0.29) is 18.4 Å². The highest BCUT2D eigenvalue weighted by Crippen LogP contribution is 2.16. The van der Waals surface area contributed by atoms with E-state index in [0.29, 0.717) is 24.5 Å². The van der Waals surface area contributed by atoms with E-state index in [0.717, 1.165) is 11.1 Å². The third kappa shape index (κ3) is 5.88. The van der Waals surface area contributed by atoms with Gasteiger partial charge in [-0.2, -0.15) is 5.10 Å². The monoisotopic (exact) mass is 444 g/mol. The van der Waals surface area contributed by atoms with Gasteiger partial charge in [0.1, 0.15) is 18.4 Å². The van der Waals surface area contributed by atoms with Crippen molar-refractivity contribution >= 4 is 17.5 Å². The highest BCUT2D eigenvalue weighted by Gasteiger charge is 2.24. The third-order valence-electron chi connectivity index (χ3n) is 5.07. The smallest absolute Gasteiger partial charge is 0.246 e. The lowest BCUT2D eigenvalue weighted by Crippen LogP contribution is -2.34. The Labute approximate surface area is 190 Å². The second kappa shape index (κ2) is 10.3. The van der Waals surface area contributed by atoms with Gasteiger partial charge in [-0.25, -0.2) is 4.68 Å². The maximum Gasteiger partial charge on any atom is 0.246 e. The Kier molecular flexibility index (Phi) is 6.84. The van der Waals surface area contributed by atoms with E-state index in [4.69, 9.17) is 0 Å². The van der Waals surface area contributed by atoms with Crippen molar-refractivity contribution < 1.29 is 9.59 Å². The zero-order valence-corrected chi connectivity index (χ0v) is 18.1. The average Bonchev–Trinajstić information content (AvgIpc) is 3.48. The van der Waals surface area contributed by atoms with Crippen LogP contribution in [0.2, 0.25) is 0 Å². The number of tetrazole rings is 1. The summed E-state index contributed by atoms with van der Waals surface area (Å²) in [7, 11) is 0. The predicted octanol–water partition coefficient (Wildman–Crippen LogP) is 1.92. The van der Waals surface area contributed by atoms with Crippen molar-refractivity contribution in [3.63, 3.8) is 0 Å². The molecule has 2 heterocycles. The molecule has 4 aromatic rings. The summed E-state index contributed by atoms with van der Waals surface area (Å²) in [5.41, 5.74) is 2.51. The predicted molar refractivity (Wildman–Crippen MR) is 121 cm³/mol. The maximum absolute atomic E-state index is 13.1. The van der Waals surface area contributed by atoms with Crippen LogP contribution in [0.1, 0.15) is 23.0 Å². The molecule has 0 bridgehead atoms. The van der Waals surface area contributed by atoms with Crippen LogP contribution in [0.15, 0.2) is 73.1 Å². The quantitative estimate of drug-likeness (QED) is 0.407. The molecule has 1 unspecified atom stereocenters. The molecule has 0 fully saturated rings. The molecule has 0 aliphatic heterocycles. The number of aromatic nitrogens is 6. The van der Waals surface area contributed by atoms with Crippen molar-refractivity contribution in [2.24, 2.45) is 0 Å². The van der Waals surface area contributed by atoms with E-state index in [1.165, 1.54) is 4.68 Å². The SMILES string of the molecule is Cc1nnnn1C(Cc1ccccc1)C(=O)NCc1cccc(NC(=O)Cn2cccn2)c1. The zero-order valence-electron chi connectivity index (χ0n) is 18.1. The van der Waals surface area contributed by atoms with Crippen LogP contribution >= 0.6 is 0 Å². The average molecular weight is 444 g/mol. The molecule has 2 amide bonds. The summed E-state index contributed by atoms with van der Waals surface area (Å²) in [5.74, 6) is 0.187. The number of carbonyl (C=O) groups is 2. The molecule has 0 aliphatic carbocycles. The van der Waals surface area contributed by atoms with Crippen molar-refractivity contribution in [2.75, 3.05) is 5.32 Å². The lowest BCUT2D eigenvalue weighted by atomic mass is 10.1. The molecule has 10 nitrogen and oxygen atoms in total. The summed E-state index contributed by atoms with van der Waals surface area (Å²) in [4.78, 5) is 25.3. The van der Waals surface area contributed by atoms with Gasteiger partial charge in [0.2, 0.25) is 11.8 Å². The summed E-state index contributed by atoms with van der Waals surface area (Å²) in [6, 6.07) is 18.3. The summed E-state index contributed by atoms with van der Waals surface area (Å²) < 4.78 is 3.08. The summed E-state index contributed by atoms with van der Waals surface area (Å²) in [6.45, 7) is 2.19. The topological polar surface area (TPSA) is 120 Å². The molecule has 0 aliphatic rings. The summed E-state index contributed by atoms with van der Waals surface area (Å²) >= 11 is 0. The molecule has 0 saturated carbocycles. The minimum Gasteiger partial charge on any atom is -0.350 e. The van der Waals surface area contributed by atoms with Crippen LogP contribution in [-0.2, 0) is 29.1 Å². The lowest BCUT2D eigenvalue weighted by Gasteiger charge is -2.18. The number of rotatable bonds is 9. The van der Waals surface area contributed by atoms with Crippen LogP contribution in [0.4, 0.5) is 5.69 Å². The van der Waals surface area contributed by atoms with E-state index in [1.54, 1.807) is 36.1 Å². The highest BCUT2D eigenvalue weighted by atomic mass is 16.2. The molecule has 168 valence electrons. The van der Waals surface area contributed by atoms with E-state index in [2.05, 4.69) is 31.3 Å². The molecular weight excluding hydrogens is 420 g/mol. The highest BCUT2D eigenvalue weighted by molar-refractivity contribution is 5.90. The first-order chi connectivity index (χ1) is 16.1. The minimum absolute atomic E-state index is 0.125. The molecular formula is C23H24N8O2. The van der Waals surface area contributed by atoms with Gasteiger partial charge < -0.3 is 10.6 Å². The Balaban J connectivity index is 1.40. The van der Waals surface area contributed by atoms with Crippen LogP contribution in [0.3, 0.4) is 0 Å². The molecule has 0 radical (unpaired) electrons. The Morgan fingerprint density at radius 1 is 1.03 bits per heavy atom. The van der Waals surface area contributed by atoms with E-state index >= 15 is 0 Å². The number of aryl methyl sites for hydroxylation is 1. The van der Waals surface area contributed by atoms with Crippen molar-refractivity contribution in [3.8, 4) is 0 Å². The van der Waals surface area contributed by atoms with E-state index in [9.17, 15) is 9.59 Å². The zero-order chi connectivity index (χ0) is 23.0. The van der Waals surface area contributed by atoms with Crippen molar-refractivity contribution in [1.82, 2.24) is 35.3 Å². The van der Waals surface area contributed by atoms with Crippen LogP contribution < -0.4 is 10.6 Å². The number of nitrogens with one attached hydrogen (secondary N) is 2. The molecule has 2 N–H and O–H groups in total.